The van der Waals surface area contributed by atoms with Crippen molar-refractivity contribution in [2.75, 3.05) is 6.61 Å². The maximum atomic E-state index is 12.2. The Kier molecular flexibility index (Phi) is 4.93. The summed E-state index contributed by atoms with van der Waals surface area (Å²) in [6.07, 6.45) is 0.115. The Bertz CT molecular complexity index is 582. The SMILES string of the molecule is CCOC(=O)C1=C[C@H](N=[N+]=[N-])[C@@H](NC(C)=O)[C@@H]2OC(C)(C)O[C@H]12. The second kappa shape index (κ2) is 6.57. The van der Waals surface area contributed by atoms with Gasteiger partial charge in [-0.25, -0.2) is 4.79 Å². The van der Waals surface area contributed by atoms with Crippen LogP contribution in [0.4, 0.5) is 0 Å². The molecule has 0 unspecified atom stereocenters. The van der Waals surface area contributed by atoms with Gasteiger partial charge in [0.05, 0.1) is 24.3 Å². The molecular formula is C14H20N4O5. The molecule has 126 valence electrons. The van der Waals surface area contributed by atoms with E-state index in [-0.39, 0.29) is 18.1 Å². The lowest BCUT2D eigenvalue weighted by atomic mass is 9.86. The van der Waals surface area contributed by atoms with Crippen molar-refractivity contribution >= 4 is 11.9 Å². The third-order valence-electron chi connectivity index (χ3n) is 3.57. The number of esters is 1. The maximum Gasteiger partial charge on any atom is 0.336 e. The lowest BCUT2D eigenvalue weighted by Crippen LogP contribution is -2.56. The van der Waals surface area contributed by atoms with E-state index in [1.165, 1.54) is 13.0 Å². The van der Waals surface area contributed by atoms with Crippen LogP contribution in [0, 0.1) is 0 Å². The highest BCUT2D eigenvalue weighted by atomic mass is 16.8. The molecule has 1 amide bonds. The average molecular weight is 324 g/mol. The van der Waals surface area contributed by atoms with Crippen molar-refractivity contribution in [3.05, 3.63) is 22.1 Å². The highest BCUT2D eigenvalue weighted by molar-refractivity contribution is 5.90. The summed E-state index contributed by atoms with van der Waals surface area (Å²) in [5, 5.41) is 6.38. The summed E-state index contributed by atoms with van der Waals surface area (Å²) < 4.78 is 16.7. The summed E-state index contributed by atoms with van der Waals surface area (Å²) in [5.41, 5.74) is 9.01. The molecule has 1 N–H and O–H groups in total. The van der Waals surface area contributed by atoms with E-state index in [9.17, 15) is 9.59 Å². The Morgan fingerprint density at radius 3 is 2.74 bits per heavy atom. The fraction of sp³-hybridized carbons (Fsp3) is 0.714. The van der Waals surface area contributed by atoms with Crippen molar-refractivity contribution in [2.45, 2.75) is 57.8 Å². The van der Waals surface area contributed by atoms with Gasteiger partial charge in [0, 0.05) is 11.8 Å². The molecule has 0 aromatic carbocycles. The van der Waals surface area contributed by atoms with Gasteiger partial charge >= 0.3 is 5.97 Å². The van der Waals surface area contributed by atoms with Gasteiger partial charge in [-0.3, -0.25) is 4.79 Å². The highest BCUT2D eigenvalue weighted by Crippen LogP contribution is 2.38. The van der Waals surface area contributed by atoms with Crippen LogP contribution < -0.4 is 5.32 Å². The van der Waals surface area contributed by atoms with E-state index in [4.69, 9.17) is 19.7 Å². The summed E-state index contributed by atoms with van der Waals surface area (Å²) in [7, 11) is 0. The molecule has 9 nitrogen and oxygen atoms in total. The first-order valence-corrected chi connectivity index (χ1v) is 7.35. The molecule has 23 heavy (non-hydrogen) atoms. The normalized spacial score (nSPS) is 31.4. The fourth-order valence-electron chi connectivity index (χ4n) is 2.83. The van der Waals surface area contributed by atoms with E-state index in [0.717, 1.165) is 0 Å². The smallest absolute Gasteiger partial charge is 0.336 e. The molecule has 9 heteroatoms. The molecular weight excluding hydrogens is 304 g/mol. The van der Waals surface area contributed by atoms with E-state index < -0.39 is 36.0 Å². The van der Waals surface area contributed by atoms with Gasteiger partial charge in [0.2, 0.25) is 5.91 Å². The van der Waals surface area contributed by atoms with Crippen LogP contribution in [0.15, 0.2) is 16.8 Å². The zero-order valence-corrected chi connectivity index (χ0v) is 13.5. The summed E-state index contributed by atoms with van der Waals surface area (Å²) in [6.45, 7) is 6.68. The molecule has 0 saturated carbocycles. The van der Waals surface area contributed by atoms with Crippen molar-refractivity contribution in [3.63, 3.8) is 0 Å². The van der Waals surface area contributed by atoms with Crippen LogP contribution in [-0.2, 0) is 23.8 Å². The van der Waals surface area contributed by atoms with Crippen LogP contribution >= 0.6 is 0 Å². The van der Waals surface area contributed by atoms with Crippen molar-refractivity contribution in [3.8, 4) is 0 Å². The first-order chi connectivity index (χ1) is 10.8. The standard InChI is InChI=1S/C14H20N4O5/c1-5-21-13(20)8-6-9(17-18-15)10(16-7(2)19)12-11(8)22-14(3,4)23-12/h6,9-12H,5H2,1-4H3,(H,16,19)/t9-,10+,11+,12-/m0/s1. The van der Waals surface area contributed by atoms with Gasteiger partial charge in [0.1, 0.15) is 12.2 Å². The Morgan fingerprint density at radius 2 is 2.17 bits per heavy atom. The van der Waals surface area contributed by atoms with Crippen LogP contribution in [0.2, 0.25) is 0 Å². The molecule has 4 atom stereocenters. The van der Waals surface area contributed by atoms with Crippen LogP contribution in [0.3, 0.4) is 0 Å². The van der Waals surface area contributed by atoms with Crippen molar-refractivity contribution < 1.29 is 23.8 Å². The van der Waals surface area contributed by atoms with Crippen molar-refractivity contribution in [1.82, 2.24) is 5.32 Å². The Morgan fingerprint density at radius 1 is 1.48 bits per heavy atom. The number of nitrogens with one attached hydrogen (secondary N) is 1. The number of amides is 1. The predicted octanol–water partition coefficient (Wildman–Crippen LogP) is 1.19. The lowest BCUT2D eigenvalue weighted by molar-refractivity contribution is -0.150. The second-order valence-electron chi connectivity index (χ2n) is 5.79. The third kappa shape index (κ3) is 3.64. The highest BCUT2D eigenvalue weighted by Gasteiger charge is 2.53. The van der Waals surface area contributed by atoms with Gasteiger partial charge in [-0.2, -0.15) is 0 Å². The van der Waals surface area contributed by atoms with Crippen molar-refractivity contribution in [1.29, 1.82) is 0 Å². The monoisotopic (exact) mass is 324 g/mol. The van der Waals surface area contributed by atoms with Crippen LogP contribution in [-0.4, -0.2) is 48.6 Å². The zero-order valence-electron chi connectivity index (χ0n) is 13.5. The number of rotatable bonds is 4. The van der Waals surface area contributed by atoms with Gasteiger partial charge in [-0.15, -0.1) is 0 Å². The number of carbonyl (C=O) groups is 2. The van der Waals surface area contributed by atoms with Gasteiger partial charge in [-0.1, -0.05) is 11.2 Å². The maximum absolute atomic E-state index is 12.2. The van der Waals surface area contributed by atoms with Crippen LogP contribution in [0.1, 0.15) is 27.7 Å². The van der Waals surface area contributed by atoms with Crippen LogP contribution in [0.5, 0.6) is 0 Å². The minimum absolute atomic E-state index is 0.207. The van der Waals surface area contributed by atoms with Crippen LogP contribution in [0.25, 0.3) is 10.4 Å². The number of hydrogen-bond acceptors (Lipinski definition) is 6. The average Bonchev–Trinajstić information content (AvgIpc) is 2.76. The van der Waals surface area contributed by atoms with Gasteiger partial charge in [0.25, 0.3) is 0 Å². The molecule has 0 aromatic rings. The van der Waals surface area contributed by atoms with E-state index in [2.05, 4.69) is 15.3 Å². The number of carbonyl (C=O) groups excluding carboxylic acids is 2. The predicted molar refractivity (Wildman–Crippen MR) is 79.1 cm³/mol. The van der Waals surface area contributed by atoms with Gasteiger partial charge < -0.3 is 19.5 Å². The molecule has 0 radical (unpaired) electrons. The number of ether oxygens (including phenoxy) is 3. The Balaban J connectivity index is 2.44. The number of azide groups is 1. The lowest BCUT2D eigenvalue weighted by Gasteiger charge is -2.34. The van der Waals surface area contributed by atoms with Crippen molar-refractivity contribution in [2.24, 2.45) is 5.11 Å². The molecule has 2 rings (SSSR count). The summed E-state index contributed by atoms with van der Waals surface area (Å²) >= 11 is 0. The van der Waals surface area contributed by atoms with E-state index in [1.54, 1.807) is 20.8 Å². The quantitative estimate of drug-likeness (QED) is 0.360. The number of nitrogens with zero attached hydrogens (tertiary/aromatic N) is 3. The van der Waals surface area contributed by atoms with E-state index in [0.29, 0.717) is 0 Å². The second-order valence-corrected chi connectivity index (χ2v) is 5.79. The molecule has 0 spiro atoms. The number of fused-ring (bicyclic) bond motifs is 1. The fourth-order valence-corrected chi connectivity index (χ4v) is 2.83. The minimum atomic E-state index is -0.942. The summed E-state index contributed by atoms with van der Waals surface area (Å²) in [5.74, 6) is -1.79. The van der Waals surface area contributed by atoms with Gasteiger partial charge in [-0.05, 0) is 26.3 Å². The summed E-state index contributed by atoms with van der Waals surface area (Å²) in [6, 6.07) is -1.41. The third-order valence-corrected chi connectivity index (χ3v) is 3.57. The molecule has 0 aromatic heterocycles. The first-order valence-electron chi connectivity index (χ1n) is 7.35. The zero-order chi connectivity index (χ0) is 17.2. The van der Waals surface area contributed by atoms with Gasteiger partial charge in [0.15, 0.2) is 5.79 Å². The molecule has 1 fully saturated rings. The molecule has 1 aliphatic heterocycles. The molecule has 0 bridgehead atoms. The topological polar surface area (TPSA) is 123 Å². The first kappa shape index (κ1) is 17.3. The summed E-state index contributed by atoms with van der Waals surface area (Å²) in [4.78, 5) is 26.4. The Hall–Kier alpha value is -2.09. The van der Waals surface area contributed by atoms with E-state index in [1.807, 2.05) is 0 Å². The number of hydrogen-bond donors (Lipinski definition) is 1. The largest absolute Gasteiger partial charge is 0.463 e. The molecule has 1 saturated heterocycles. The minimum Gasteiger partial charge on any atom is -0.463 e. The Labute approximate surface area is 133 Å². The molecule has 1 heterocycles. The van der Waals surface area contributed by atoms with E-state index >= 15 is 0 Å². The molecule has 1 aliphatic carbocycles. The molecule has 2 aliphatic rings.